The maximum Gasteiger partial charge on any atom is 0.409 e. The highest BCUT2D eigenvalue weighted by Crippen LogP contribution is 2.36. The summed E-state index contributed by atoms with van der Waals surface area (Å²) >= 11 is 0. The maximum absolute atomic E-state index is 13.0. The van der Waals surface area contributed by atoms with Gasteiger partial charge in [-0.3, -0.25) is 4.79 Å². The first-order valence-corrected chi connectivity index (χ1v) is 5.53. The Hall–Kier alpha value is -2.05. The van der Waals surface area contributed by atoms with Gasteiger partial charge in [-0.2, -0.15) is 13.2 Å². The molecule has 1 unspecified atom stereocenters. The molecule has 2 rings (SSSR count). The lowest BCUT2D eigenvalue weighted by Gasteiger charge is -2.22. The van der Waals surface area contributed by atoms with Crippen LogP contribution in [0.4, 0.5) is 13.2 Å². The number of nitrogens with zero attached hydrogens (tertiary/aromatic N) is 2. The van der Waals surface area contributed by atoms with Crippen molar-refractivity contribution in [1.82, 2.24) is 9.55 Å². The Morgan fingerprint density at radius 3 is 2.63 bits per heavy atom. The minimum atomic E-state index is -4.65. The third kappa shape index (κ3) is 2.54. The molecule has 0 amide bonds. The molecule has 19 heavy (non-hydrogen) atoms. The minimum Gasteiger partial charge on any atom is -0.481 e. The molecule has 0 saturated heterocycles. The predicted molar refractivity (Wildman–Crippen MR) is 61.8 cm³/mol. The highest BCUT2D eigenvalue weighted by atomic mass is 19.4. The highest BCUT2D eigenvalue weighted by Gasteiger charge is 2.43. The normalized spacial score (nSPS) is 13.7. The average Bonchev–Trinajstić information content (AvgIpc) is 2.60. The van der Waals surface area contributed by atoms with E-state index in [4.69, 9.17) is 5.11 Å². The molecule has 0 aliphatic carbocycles. The Balaban J connectivity index is 2.62. The molecule has 4 nitrogen and oxygen atoms in total. The molecule has 0 saturated carbocycles. The molecule has 1 N–H and O–H groups in total. The Labute approximate surface area is 106 Å². The van der Waals surface area contributed by atoms with E-state index < -0.39 is 24.6 Å². The van der Waals surface area contributed by atoms with Crippen molar-refractivity contribution >= 4 is 17.0 Å². The standard InChI is InChI=1S/C12H11F3N2O2/c1-7-16-8-4-2-3-5-9(8)17(7)10(6-11(18)19)12(13,14)15/h2-5,10H,6H2,1H3,(H,18,19). The van der Waals surface area contributed by atoms with Gasteiger partial charge in [-0.1, -0.05) is 12.1 Å². The van der Waals surface area contributed by atoms with Crippen LogP contribution in [0, 0.1) is 6.92 Å². The SMILES string of the molecule is Cc1nc2ccccc2n1C(CC(=O)O)C(F)(F)F. The van der Waals surface area contributed by atoms with E-state index in [1.54, 1.807) is 18.2 Å². The van der Waals surface area contributed by atoms with E-state index in [9.17, 15) is 18.0 Å². The number of carboxylic acids is 1. The lowest BCUT2D eigenvalue weighted by molar-refractivity contribution is -0.176. The number of carbonyl (C=O) groups is 1. The molecule has 1 aromatic carbocycles. The summed E-state index contributed by atoms with van der Waals surface area (Å²) < 4.78 is 40.1. The Bertz CT molecular complexity index is 619. The molecule has 0 aliphatic heterocycles. The number of aryl methyl sites for hydroxylation is 1. The second-order valence-corrected chi connectivity index (χ2v) is 4.17. The zero-order chi connectivity index (χ0) is 14.2. The monoisotopic (exact) mass is 272 g/mol. The first kappa shape index (κ1) is 13.4. The van der Waals surface area contributed by atoms with E-state index >= 15 is 0 Å². The van der Waals surface area contributed by atoms with Crippen LogP contribution in [0.2, 0.25) is 0 Å². The summed E-state index contributed by atoms with van der Waals surface area (Å²) in [5.41, 5.74) is 0.697. The molecule has 0 bridgehead atoms. The number of carboxylic acid groups (broad SMARTS) is 1. The highest BCUT2D eigenvalue weighted by molar-refractivity contribution is 5.76. The fourth-order valence-corrected chi connectivity index (χ4v) is 2.08. The molecule has 1 heterocycles. The Morgan fingerprint density at radius 2 is 2.05 bits per heavy atom. The van der Waals surface area contributed by atoms with Gasteiger partial charge in [0.25, 0.3) is 0 Å². The number of alkyl halides is 3. The molecular formula is C12H11F3N2O2. The van der Waals surface area contributed by atoms with E-state index in [1.165, 1.54) is 13.0 Å². The average molecular weight is 272 g/mol. The largest absolute Gasteiger partial charge is 0.481 e. The van der Waals surface area contributed by atoms with Crippen molar-refractivity contribution in [3.8, 4) is 0 Å². The van der Waals surface area contributed by atoms with Crippen molar-refractivity contribution in [2.45, 2.75) is 25.6 Å². The number of benzene rings is 1. The van der Waals surface area contributed by atoms with Crippen LogP contribution < -0.4 is 0 Å². The minimum absolute atomic E-state index is 0.143. The van der Waals surface area contributed by atoms with E-state index in [2.05, 4.69) is 4.98 Å². The summed E-state index contributed by atoms with van der Waals surface area (Å²) in [6.07, 6.45) is -5.67. The van der Waals surface area contributed by atoms with Gasteiger partial charge < -0.3 is 9.67 Å². The summed E-state index contributed by atoms with van der Waals surface area (Å²) in [5, 5.41) is 8.68. The lowest BCUT2D eigenvalue weighted by Crippen LogP contribution is -2.29. The molecule has 7 heteroatoms. The molecule has 0 spiro atoms. The zero-order valence-corrected chi connectivity index (χ0v) is 9.98. The van der Waals surface area contributed by atoms with E-state index in [0.29, 0.717) is 5.52 Å². The fraction of sp³-hybridized carbons (Fsp3) is 0.333. The van der Waals surface area contributed by atoms with Crippen molar-refractivity contribution in [2.75, 3.05) is 0 Å². The summed E-state index contributed by atoms with van der Waals surface area (Å²) in [5.74, 6) is -1.36. The summed E-state index contributed by atoms with van der Waals surface area (Å²) in [4.78, 5) is 14.7. The lowest BCUT2D eigenvalue weighted by atomic mass is 10.2. The second kappa shape index (κ2) is 4.56. The van der Waals surface area contributed by atoms with E-state index in [0.717, 1.165) is 4.57 Å². The Morgan fingerprint density at radius 1 is 1.42 bits per heavy atom. The zero-order valence-electron chi connectivity index (χ0n) is 9.98. The van der Waals surface area contributed by atoms with Gasteiger partial charge in [0.1, 0.15) is 11.9 Å². The van der Waals surface area contributed by atoms with E-state index in [1.807, 2.05) is 0 Å². The van der Waals surface area contributed by atoms with Gasteiger partial charge in [-0.25, -0.2) is 4.98 Å². The number of imidazole rings is 1. The third-order valence-electron chi connectivity index (χ3n) is 2.83. The summed E-state index contributed by atoms with van der Waals surface area (Å²) in [7, 11) is 0. The number of aliphatic carboxylic acids is 1. The fourth-order valence-electron chi connectivity index (χ4n) is 2.08. The number of aromatic nitrogens is 2. The van der Waals surface area contributed by atoms with Crippen LogP contribution in [0.1, 0.15) is 18.3 Å². The van der Waals surface area contributed by atoms with Gasteiger partial charge in [-0.05, 0) is 19.1 Å². The second-order valence-electron chi connectivity index (χ2n) is 4.17. The number of halogens is 3. The molecule has 102 valence electrons. The summed E-state index contributed by atoms with van der Waals surface area (Å²) in [6.45, 7) is 1.43. The van der Waals surface area contributed by atoms with Gasteiger partial charge in [0.2, 0.25) is 0 Å². The van der Waals surface area contributed by atoms with Gasteiger partial charge in [0.05, 0.1) is 17.5 Å². The molecule has 1 atom stereocenters. The van der Waals surface area contributed by atoms with Gasteiger partial charge in [0, 0.05) is 0 Å². The van der Waals surface area contributed by atoms with Crippen LogP contribution in [0.15, 0.2) is 24.3 Å². The smallest absolute Gasteiger partial charge is 0.409 e. The van der Waals surface area contributed by atoms with Crippen molar-refractivity contribution in [2.24, 2.45) is 0 Å². The molecule has 0 radical (unpaired) electrons. The first-order valence-electron chi connectivity index (χ1n) is 5.53. The van der Waals surface area contributed by atoms with Crippen molar-refractivity contribution in [3.63, 3.8) is 0 Å². The van der Waals surface area contributed by atoms with Crippen LogP contribution in [-0.4, -0.2) is 26.8 Å². The molecule has 1 aromatic heterocycles. The van der Waals surface area contributed by atoms with Gasteiger partial charge in [0.15, 0.2) is 0 Å². The predicted octanol–water partition coefficient (Wildman–Crippen LogP) is 2.92. The van der Waals surface area contributed by atoms with Crippen molar-refractivity contribution in [3.05, 3.63) is 30.1 Å². The van der Waals surface area contributed by atoms with Crippen LogP contribution in [0.5, 0.6) is 0 Å². The quantitative estimate of drug-likeness (QED) is 0.934. The van der Waals surface area contributed by atoms with Crippen LogP contribution >= 0.6 is 0 Å². The van der Waals surface area contributed by atoms with Crippen molar-refractivity contribution in [1.29, 1.82) is 0 Å². The molecular weight excluding hydrogens is 261 g/mol. The maximum atomic E-state index is 13.0. The van der Waals surface area contributed by atoms with Crippen LogP contribution in [0.25, 0.3) is 11.0 Å². The van der Waals surface area contributed by atoms with E-state index in [-0.39, 0.29) is 11.3 Å². The molecule has 0 aliphatic rings. The number of hydrogen-bond donors (Lipinski definition) is 1. The number of fused-ring (bicyclic) bond motifs is 1. The number of rotatable bonds is 3. The summed E-state index contributed by atoms with van der Waals surface area (Å²) in [6, 6.07) is 4.23. The van der Waals surface area contributed by atoms with Gasteiger partial charge >= 0.3 is 12.1 Å². The topological polar surface area (TPSA) is 55.1 Å². The van der Waals surface area contributed by atoms with Gasteiger partial charge in [-0.15, -0.1) is 0 Å². The number of para-hydroxylation sites is 2. The first-order chi connectivity index (χ1) is 8.80. The third-order valence-corrected chi connectivity index (χ3v) is 2.83. The van der Waals surface area contributed by atoms with Crippen molar-refractivity contribution < 1.29 is 23.1 Å². The molecule has 2 aromatic rings. The molecule has 0 fully saturated rings. The van der Waals surface area contributed by atoms with Crippen LogP contribution in [-0.2, 0) is 4.79 Å². The van der Waals surface area contributed by atoms with Crippen LogP contribution in [0.3, 0.4) is 0 Å². The number of hydrogen-bond acceptors (Lipinski definition) is 2. The Kier molecular flexibility index (Phi) is 3.21.